The summed E-state index contributed by atoms with van der Waals surface area (Å²) in [7, 11) is 1.51. The average molecular weight is 282 g/mol. The first-order chi connectivity index (χ1) is 9.49. The van der Waals surface area contributed by atoms with Crippen molar-refractivity contribution in [2.75, 3.05) is 25.6 Å². The van der Waals surface area contributed by atoms with Gasteiger partial charge < -0.3 is 15.4 Å². The molecule has 0 aliphatic carbocycles. The quantitative estimate of drug-likeness (QED) is 0.574. The molecule has 0 saturated heterocycles. The standard InChI is InChI=1S/C12H18N4O4/c1-4-13-11-5-9(10(6-14-11)16(18)19)12(17)15-8(2)7-20-3/h5-6,8H,4,7H2,1-3H3,(H,13,14)(H,15,17). The zero-order valence-electron chi connectivity index (χ0n) is 11.7. The number of carbonyl (C=O) groups excluding carboxylic acids is 1. The summed E-state index contributed by atoms with van der Waals surface area (Å²) in [6, 6.07) is 1.12. The van der Waals surface area contributed by atoms with Crippen LogP contribution >= 0.6 is 0 Å². The van der Waals surface area contributed by atoms with Crippen LogP contribution in [0.25, 0.3) is 0 Å². The third-order valence-electron chi connectivity index (χ3n) is 2.48. The first kappa shape index (κ1) is 15.8. The van der Waals surface area contributed by atoms with Crippen molar-refractivity contribution in [3.63, 3.8) is 0 Å². The monoisotopic (exact) mass is 282 g/mol. The third-order valence-corrected chi connectivity index (χ3v) is 2.48. The number of amides is 1. The highest BCUT2D eigenvalue weighted by Crippen LogP contribution is 2.20. The number of rotatable bonds is 7. The summed E-state index contributed by atoms with van der Waals surface area (Å²) in [6.07, 6.45) is 1.08. The van der Waals surface area contributed by atoms with Crippen molar-refractivity contribution in [1.82, 2.24) is 10.3 Å². The molecule has 0 radical (unpaired) electrons. The topological polar surface area (TPSA) is 106 Å². The SMILES string of the molecule is CCNc1cc(C(=O)NC(C)COC)c([N+](=O)[O-])cn1. The number of nitro groups is 1. The number of methoxy groups -OCH3 is 1. The second-order valence-corrected chi connectivity index (χ2v) is 4.20. The number of carbonyl (C=O) groups is 1. The van der Waals surface area contributed by atoms with Gasteiger partial charge in [-0.05, 0) is 13.8 Å². The predicted molar refractivity (Wildman–Crippen MR) is 73.9 cm³/mol. The Bertz CT molecular complexity index is 492. The Morgan fingerprint density at radius 1 is 1.60 bits per heavy atom. The van der Waals surface area contributed by atoms with E-state index in [1.54, 1.807) is 6.92 Å². The van der Waals surface area contributed by atoms with Gasteiger partial charge in [-0.25, -0.2) is 4.98 Å². The zero-order chi connectivity index (χ0) is 15.1. The summed E-state index contributed by atoms with van der Waals surface area (Å²) in [5, 5.41) is 16.5. The molecule has 2 N–H and O–H groups in total. The fourth-order valence-corrected chi connectivity index (χ4v) is 1.65. The minimum Gasteiger partial charge on any atom is -0.383 e. The number of aromatic nitrogens is 1. The first-order valence-electron chi connectivity index (χ1n) is 6.17. The van der Waals surface area contributed by atoms with Crippen molar-refractivity contribution in [3.8, 4) is 0 Å². The highest BCUT2D eigenvalue weighted by atomic mass is 16.6. The zero-order valence-corrected chi connectivity index (χ0v) is 11.7. The van der Waals surface area contributed by atoms with E-state index >= 15 is 0 Å². The molecule has 1 rings (SSSR count). The lowest BCUT2D eigenvalue weighted by Gasteiger charge is -2.13. The largest absolute Gasteiger partial charge is 0.383 e. The molecule has 0 aromatic carbocycles. The maximum absolute atomic E-state index is 12.1. The molecule has 0 saturated carbocycles. The van der Waals surface area contributed by atoms with Gasteiger partial charge in [0.05, 0.1) is 11.5 Å². The number of nitrogens with zero attached hydrogens (tertiary/aromatic N) is 2. The Kier molecular flexibility index (Phi) is 5.85. The summed E-state index contributed by atoms with van der Waals surface area (Å²) in [4.78, 5) is 26.3. The molecule has 20 heavy (non-hydrogen) atoms. The number of hydrogen-bond acceptors (Lipinski definition) is 6. The summed E-state index contributed by atoms with van der Waals surface area (Å²) < 4.78 is 4.91. The lowest BCUT2D eigenvalue weighted by Crippen LogP contribution is -2.36. The molecule has 8 nitrogen and oxygen atoms in total. The van der Waals surface area contributed by atoms with E-state index in [1.165, 1.54) is 13.2 Å². The Labute approximate surface area is 116 Å². The molecule has 8 heteroatoms. The van der Waals surface area contributed by atoms with Crippen LogP contribution in [-0.4, -0.2) is 42.1 Å². The molecule has 1 amide bonds. The summed E-state index contributed by atoms with van der Waals surface area (Å²) in [6.45, 7) is 4.54. The van der Waals surface area contributed by atoms with Crippen molar-refractivity contribution in [1.29, 1.82) is 0 Å². The van der Waals surface area contributed by atoms with E-state index < -0.39 is 10.8 Å². The van der Waals surface area contributed by atoms with Crippen molar-refractivity contribution < 1.29 is 14.5 Å². The fraction of sp³-hybridized carbons (Fsp3) is 0.500. The number of ether oxygens (including phenoxy) is 1. The average Bonchev–Trinajstić information content (AvgIpc) is 2.38. The highest BCUT2D eigenvalue weighted by molar-refractivity contribution is 5.98. The van der Waals surface area contributed by atoms with Crippen LogP contribution in [-0.2, 0) is 4.74 Å². The van der Waals surface area contributed by atoms with Crippen molar-refractivity contribution in [2.24, 2.45) is 0 Å². The van der Waals surface area contributed by atoms with Crippen molar-refractivity contribution in [2.45, 2.75) is 19.9 Å². The Morgan fingerprint density at radius 2 is 2.30 bits per heavy atom. The van der Waals surface area contributed by atoms with Crippen molar-refractivity contribution in [3.05, 3.63) is 27.9 Å². The molecule has 1 aromatic heterocycles. The van der Waals surface area contributed by atoms with Crippen LogP contribution < -0.4 is 10.6 Å². The maximum atomic E-state index is 12.1. The Morgan fingerprint density at radius 3 is 2.85 bits per heavy atom. The summed E-state index contributed by atoms with van der Waals surface area (Å²) in [5.41, 5.74) is -0.349. The lowest BCUT2D eigenvalue weighted by atomic mass is 10.2. The minimum atomic E-state index is -0.626. The van der Waals surface area contributed by atoms with E-state index in [2.05, 4.69) is 15.6 Å². The van der Waals surface area contributed by atoms with E-state index in [0.717, 1.165) is 6.20 Å². The van der Waals surface area contributed by atoms with Gasteiger partial charge in [-0.3, -0.25) is 14.9 Å². The highest BCUT2D eigenvalue weighted by Gasteiger charge is 2.22. The maximum Gasteiger partial charge on any atom is 0.300 e. The molecule has 110 valence electrons. The fourth-order valence-electron chi connectivity index (χ4n) is 1.65. The predicted octanol–water partition coefficient (Wildman–Crippen LogP) is 1.19. The Balaban J connectivity index is 3.02. The van der Waals surface area contributed by atoms with Gasteiger partial charge in [0.1, 0.15) is 17.6 Å². The van der Waals surface area contributed by atoms with Gasteiger partial charge >= 0.3 is 0 Å². The lowest BCUT2D eigenvalue weighted by molar-refractivity contribution is -0.385. The molecule has 0 fully saturated rings. The van der Waals surface area contributed by atoms with E-state index in [1.807, 2.05) is 6.92 Å². The number of nitrogens with one attached hydrogen (secondary N) is 2. The van der Waals surface area contributed by atoms with Crippen molar-refractivity contribution >= 4 is 17.4 Å². The van der Waals surface area contributed by atoms with Crippen LogP contribution in [0.4, 0.5) is 11.5 Å². The van der Waals surface area contributed by atoms with Gasteiger partial charge in [0.25, 0.3) is 11.6 Å². The van der Waals surface area contributed by atoms with Gasteiger partial charge in [0.2, 0.25) is 0 Å². The molecule has 1 heterocycles. The number of hydrogen-bond donors (Lipinski definition) is 2. The summed E-state index contributed by atoms with van der Waals surface area (Å²) >= 11 is 0. The molecule has 0 spiro atoms. The number of pyridine rings is 1. The molecule has 1 atom stereocenters. The van der Waals surface area contributed by atoms with Crippen LogP contribution in [0.3, 0.4) is 0 Å². The molecular formula is C12H18N4O4. The van der Waals surface area contributed by atoms with Gasteiger partial charge in [-0.1, -0.05) is 0 Å². The van der Waals surface area contributed by atoms with Crippen LogP contribution in [0.2, 0.25) is 0 Å². The van der Waals surface area contributed by atoms with E-state index in [-0.39, 0.29) is 17.3 Å². The van der Waals surface area contributed by atoms with Gasteiger partial charge in [0.15, 0.2) is 0 Å². The van der Waals surface area contributed by atoms with E-state index in [4.69, 9.17) is 4.74 Å². The van der Waals surface area contributed by atoms with Crippen LogP contribution in [0.5, 0.6) is 0 Å². The smallest absolute Gasteiger partial charge is 0.300 e. The molecule has 0 aliphatic heterocycles. The minimum absolute atomic E-state index is 0.0242. The summed E-state index contributed by atoms with van der Waals surface area (Å²) in [5.74, 6) is -0.106. The van der Waals surface area contributed by atoms with Gasteiger partial charge in [0, 0.05) is 25.8 Å². The van der Waals surface area contributed by atoms with E-state index in [9.17, 15) is 14.9 Å². The van der Waals surface area contributed by atoms with Crippen LogP contribution in [0.1, 0.15) is 24.2 Å². The normalized spacial score (nSPS) is 11.8. The van der Waals surface area contributed by atoms with Crippen LogP contribution in [0.15, 0.2) is 12.3 Å². The molecule has 0 bridgehead atoms. The van der Waals surface area contributed by atoms with Gasteiger partial charge in [-0.15, -0.1) is 0 Å². The second-order valence-electron chi connectivity index (χ2n) is 4.20. The third kappa shape index (κ3) is 4.16. The first-order valence-corrected chi connectivity index (χ1v) is 6.17. The molecule has 1 unspecified atom stereocenters. The molecule has 1 aromatic rings. The van der Waals surface area contributed by atoms with Gasteiger partial charge in [-0.2, -0.15) is 0 Å². The van der Waals surface area contributed by atoms with E-state index in [0.29, 0.717) is 19.0 Å². The second kappa shape index (κ2) is 7.39. The molecular weight excluding hydrogens is 264 g/mol. The van der Waals surface area contributed by atoms with Crippen LogP contribution in [0, 0.1) is 10.1 Å². The Hall–Kier alpha value is -2.22. The molecule has 0 aliphatic rings. The number of anilines is 1.